The second kappa shape index (κ2) is 6.80. The highest BCUT2D eigenvalue weighted by molar-refractivity contribution is 5.74. The molecule has 2 aromatic rings. The molecule has 1 heterocycles. The van der Waals surface area contributed by atoms with Crippen molar-refractivity contribution in [3.8, 4) is 5.69 Å². The Bertz CT molecular complexity index is 728. The zero-order valence-electron chi connectivity index (χ0n) is 12.6. The molecule has 0 unspecified atom stereocenters. The number of ether oxygens (including phenoxy) is 2. The number of carbonyl (C=O) groups is 1. The average Bonchev–Trinajstić information content (AvgIpc) is 2.84. The Morgan fingerprint density at radius 1 is 1.32 bits per heavy atom. The van der Waals surface area contributed by atoms with Crippen molar-refractivity contribution in [3.63, 3.8) is 0 Å². The summed E-state index contributed by atoms with van der Waals surface area (Å²) in [6, 6.07) is 9.06. The normalized spacial score (nSPS) is 10.3. The minimum Gasteiger partial charge on any atom is -0.494 e. The fourth-order valence-corrected chi connectivity index (χ4v) is 2.12. The van der Waals surface area contributed by atoms with E-state index < -0.39 is 5.97 Å². The number of aromatic nitrogens is 2. The van der Waals surface area contributed by atoms with Gasteiger partial charge in [0.05, 0.1) is 31.5 Å². The topological polar surface area (TPSA) is 73.3 Å². The molecule has 0 atom stereocenters. The van der Waals surface area contributed by atoms with Gasteiger partial charge in [-0.15, -0.1) is 0 Å². The summed E-state index contributed by atoms with van der Waals surface area (Å²) in [6.45, 7) is 5.95. The molecule has 6 heteroatoms. The Kier molecular flexibility index (Phi) is 4.83. The molecule has 116 valence electrons. The molecule has 2 rings (SSSR count). The van der Waals surface area contributed by atoms with Crippen LogP contribution < -0.4 is 5.56 Å². The highest BCUT2D eigenvalue weighted by atomic mass is 16.5. The molecule has 1 aromatic carbocycles. The second-order valence-electron chi connectivity index (χ2n) is 4.55. The third-order valence-corrected chi connectivity index (χ3v) is 3.13. The van der Waals surface area contributed by atoms with Gasteiger partial charge in [-0.3, -0.25) is 14.7 Å². The number of nitrogens with one attached hydrogen (secondary N) is 1. The van der Waals surface area contributed by atoms with Crippen LogP contribution in [0.2, 0.25) is 0 Å². The average molecular weight is 302 g/mol. The molecule has 0 amide bonds. The van der Waals surface area contributed by atoms with Gasteiger partial charge in [-0.25, -0.2) is 4.68 Å². The Hall–Kier alpha value is -2.76. The Morgan fingerprint density at radius 2 is 2.00 bits per heavy atom. The summed E-state index contributed by atoms with van der Waals surface area (Å²) in [6.07, 6.45) is -0.0625. The molecule has 0 aliphatic carbocycles. The summed E-state index contributed by atoms with van der Waals surface area (Å²) >= 11 is 0. The minimum absolute atomic E-state index is 0.0625. The van der Waals surface area contributed by atoms with Crippen molar-refractivity contribution >= 4 is 11.7 Å². The molecule has 0 saturated heterocycles. The van der Waals surface area contributed by atoms with E-state index in [1.54, 1.807) is 19.1 Å². The van der Waals surface area contributed by atoms with E-state index in [0.717, 1.165) is 0 Å². The van der Waals surface area contributed by atoms with E-state index in [4.69, 9.17) is 4.74 Å². The van der Waals surface area contributed by atoms with Gasteiger partial charge in [0, 0.05) is 0 Å². The monoisotopic (exact) mass is 302 g/mol. The lowest BCUT2D eigenvalue weighted by molar-refractivity contribution is -0.139. The number of para-hydroxylation sites is 1. The first kappa shape index (κ1) is 15.6. The maximum atomic E-state index is 12.6. The van der Waals surface area contributed by atoms with E-state index in [0.29, 0.717) is 18.0 Å². The SMILES string of the molecule is C=C(OCC)c1c(CC(=O)OC)[nH]n(-c2ccccc2)c1=O. The Balaban J connectivity index is 2.54. The van der Waals surface area contributed by atoms with Gasteiger partial charge < -0.3 is 9.47 Å². The van der Waals surface area contributed by atoms with Crippen molar-refractivity contribution in [3.05, 3.63) is 58.5 Å². The van der Waals surface area contributed by atoms with Crippen molar-refractivity contribution in [2.75, 3.05) is 13.7 Å². The minimum atomic E-state index is -0.452. The highest BCUT2D eigenvalue weighted by Gasteiger charge is 2.21. The summed E-state index contributed by atoms with van der Waals surface area (Å²) in [4.78, 5) is 24.2. The molecule has 0 bridgehead atoms. The smallest absolute Gasteiger partial charge is 0.311 e. The first-order chi connectivity index (χ1) is 10.6. The first-order valence-corrected chi connectivity index (χ1v) is 6.86. The number of rotatable bonds is 6. The molecule has 0 radical (unpaired) electrons. The zero-order chi connectivity index (χ0) is 16.1. The Labute approximate surface area is 128 Å². The standard InChI is InChI=1S/C16H18N2O4/c1-4-22-11(2)15-13(10-14(19)21-3)17-18(16(15)20)12-8-6-5-7-9-12/h5-9,17H,2,4,10H2,1,3H3. The molecule has 22 heavy (non-hydrogen) atoms. The molecule has 0 saturated carbocycles. The molecule has 1 aromatic heterocycles. The molecule has 0 spiro atoms. The number of H-pyrrole nitrogens is 1. The van der Waals surface area contributed by atoms with Crippen molar-refractivity contribution in [1.29, 1.82) is 0 Å². The lowest BCUT2D eigenvalue weighted by atomic mass is 10.1. The van der Waals surface area contributed by atoms with Crippen LogP contribution in [-0.4, -0.2) is 29.5 Å². The lowest BCUT2D eigenvalue weighted by Crippen LogP contribution is -2.17. The maximum Gasteiger partial charge on any atom is 0.311 e. The van der Waals surface area contributed by atoms with Gasteiger partial charge in [-0.05, 0) is 19.1 Å². The van der Waals surface area contributed by atoms with Gasteiger partial charge in [0.1, 0.15) is 11.3 Å². The van der Waals surface area contributed by atoms with Crippen LogP contribution in [0.25, 0.3) is 11.4 Å². The molecule has 0 aliphatic rings. The summed E-state index contributed by atoms with van der Waals surface area (Å²) in [7, 11) is 1.30. The molecular formula is C16H18N2O4. The van der Waals surface area contributed by atoms with E-state index in [-0.39, 0.29) is 23.3 Å². The number of benzene rings is 1. The van der Waals surface area contributed by atoms with Crippen LogP contribution >= 0.6 is 0 Å². The number of aromatic amines is 1. The van der Waals surface area contributed by atoms with Crippen molar-refractivity contribution in [2.24, 2.45) is 0 Å². The van der Waals surface area contributed by atoms with Crippen LogP contribution in [0.4, 0.5) is 0 Å². The molecule has 6 nitrogen and oxygen atoms in total. The number of hydrogen-bond acceptors (Lipinski definition) is 4. The predicted octanol–water partition coefficient (Wildman–Crippen LogP) is 1.89. The number of esters is 1. The quantitative estimate of drug-likeness (QED) is 0.653. The third kappa shape index (κ3) is 3.11. The van der Waals surface area contributed by atoms with E-state index in [2.05, 4.69) is 16.4 Å². The second-order valence-corrected chi connectivity index (χ2v) is 4.55. The van der Waals surface area contributed by atoms with Gasteiger partial charge in [0.15, 0.2) is 0 Å². The van der Waals surface area contributed by atoms with Crippen LogP contribution in [0, 0.1) is 0 Å². The number of carbonyl (C=O) groups excluding carboxylic acids is 1. The van der Waals surface area contributed by atoms with E-state index in [1.807, 2.05) is 18.2 Å². The highest BCUT2D eigenvalue weighted by Crippen LogP contribution is 2.16. The van der Waals surface area contributed by atoms with Gasteiger partial charge in [0.2, 0.25) is 0 Å². The fourth-order valence-electron chi connectivity index (χ4n) is 2.12. The predicted molar refractivity (Wildman–Crippen MR) is 82.8 cm³/mol. The third-order valence-electron chi connectivity index (χ3n) is 3.13. The lowest BCUT2D eigenvalue weighted by Gasteiger charge is -2.05. The van der Waals surface area contributed by atoms with Gasteiger partial charge in [-0.1, -0.05) is 24.8 Å². The number of nitrogens with zero attached hydrogens (tertiary/aromatic N) is 1. The zero-order valence-corrected chi connectivity index (χ0v) is 12.6. The van der Waals surface area contributed by atoms with Gasteiger partial charge in [0.25, 0.3) is 5.56 Å². The summed E-state index contributed by atoms with van der Waals surface area (Å²) in [5.41, 5.74) is 1.02. The first-order valence-electron chi connectivity index (χ1n) is 6.86. The van der Waals surface area contributed by atoms with Crippen molar-refractivity contribution < 1.29 is 14.3 Å². The van der Waals surface area contributed by atoms with Crippen LogP contribution in [0.3, 0.4) is 0 Å². The van der Waals surface area contributed by atoms with Gasteiger partial charge in [-0.2, -0.15) is 0 Å². The van der Waals surface area contributed by atoms with Crippen molar-refractivity contribution in [2.45, 2.75) is 13.3 Å². The molecule has 0 fully saturated rings. The van der Waals surface area contributed by atoms with E-state index in [1.165, 1.54) is 11.8 Å². The molecular weight excluding hydrogens is 284 g/mol. The van der Waals surface area contributed by atoms with Crippen LogP contribution in [0.5, 0.6) is 0 Å². The van der Waals surface area contributed by atoms with Crippen LogP contribution in [-0.2, 0) is 20.7 Å². The summed E-state index contributed by atoms with van der Waals surface area (Å²) in [5.74, 6) is -0.218. The largest absolute Gasteiger partial charge is 0.494 e. The summed E-state index contributed by atoms with van der Waals surface area (Å²) in [5, 5.41) is 2.93. The van der Waals surface area contributed by atoms with Gasteiger partial charge >= 0.3 is 5.97 Å². The fraction of sp³-hybridized carbons (Fsp3) is 0.250. The number of methoxy groups -OCH3 is 1. The molecule has 1 N–H and O–H groups in total. The molecule has 0 aliphatic heterocycles. The Morgan fingerprint density at radius 3 is 2.59 bits per heavy atom. The van der Waals surface area contributed by atoms with E-state index in [9.17, 15) is 9.59 Å². The maximum absolute atomic E-state index is 12.6. The summed E-state index contributed by atoms with van der Waals surface area (Å²) < 4.78 is 11.4. The van der Waals surface area contributed by atoms with Crippen LogP contribution in [0.15, 0.2) is 41.7 Å². The van der Waals surface area contributed by atoms with Crippen LogP contribution in [0.1, 0.15) is 18.2 Å². The van der Waals surface area contributed by atoms with E-state index >= 15 is 0 Å². The van der Waals surface area contributed by atoms with Crippen molar-refractivity contribution in [1.82, 2.24) is 9.78 Å². The number of hydrogen-bond donors (Lipinski definition) is 1.